The number of benzene rings is 1. The molecule has 1 aromatic rings. The van der Waals surface area contributed by atoms with Crippen LogP contribution < -0.4 is 0 Å². The molecule has 0 heterocycles. The molecule has 0 fully saturated rings. The fraction of sp³-hybridized carbons (Fsp3) is 0.143. The standard InChI is InChI=1S/C14H16/c1-3-5-9-13(4-2)12-14-10-7-6-8-11-14/h3-4,6-11H,1-2,5,12H2. The van der Waals surface area contributed by atoms with E-state index in [1.54, 1.807) is 0 Å². The van der Waals surface area contributed by atoms with Gasteiger partial charge in [0.05, 0.1) is 0 Å². The molecular formula is C14H16. The zero-order valence-corrected chi connectivity index (χ0v) is 8.45. The maximum absolute atomic E-state index is 3.81. The summed E-state index contributed by atoms with van der Waals surface area (Å²) in [5.41, 5.74) is 2.58. The summed E-state index contributed by atoms with van der Waals surface area (Å²) in [6.45, 7) is 7.50. The van der Waals surface area contributed by atoms with Gasteiger partial charge in [0.15, 0.2) is 0 Å². The predicted molar refractivity (Wildman–Crippen MR) is 63.2 cm³/mol. The molecule has 0 aliphatic carbocycles. The average Bonchev–Trinajstić information content (AvgIpc) is 2.25. The Hall–Kier alpha value is -1.56. The highest BCUT2D eigenvalue weighted by atomic mass is 14.0. The van der Waals surface area contributed by atoms with E-state index in [0.717, 1.165) is 12.8 Å². The van der Waals surface area contributed by atoms with Crippen molar-refractivity contribution in [2.45, 2.75) is 12.8 Å². The van der Waals surface area contributed by atoms with Gasteiger partial charge >= 0.3 is 0 Å². The normalized spacial score (nSPS) is 11.0. The molecule has 0 amide bonds. The van der Waals surface area contributed by atoms with Crippen LogP contribution in [0.4, 0.5) is 0 Å². The smallest absolute Gasteiger partial charge is 0.00290 e. The monoisotopic (exact) mass is 184 g/mol. The molecule has 0 saturated heterocycles. The molecule has 0 aromatic heterocycles. The van der Waals surface area contributed by atoms with E-state index in [1.807, 2.05) is 18.2 Å². The minimum atomic E-state index is 0.911. The van der Waals surface area contributed by atoms with Crippen LogP contribution >= 0.6 is 0 Å². The molecule has 0 unspecified atom stereocenters. The van der Waals surface area contributed by atoms with Gasteiger partial charge in [-0.15, -0.1) is 6.58 Å². The molecule has 0 saturated carbocycles. The highest BCUT2D eigenvalue weighted by molar-refractivity contribution is 5.27. The van der Waals surface area contributed by atoms with Crippen molar-refractivity contribution in [1.82, 2.24) is 0 Å². The largest absolute Gasteiger partial charge is 0.103 e. The number of hydrogen-bond acceptors (Lipinski definition) is 0. The second kappa shape index (κ2) is 5.98. The van der Waals surface area contributed by atoms with E-state index >= 15 is 0 Å². The second-order valence-corrected chi connectivity index (χ2v) is 3.17. The number of hydrogen-bond donors (Lipinski definition) is 0. The Morgan fingerprint density at radius 1 is 1.14 bits per heavy atom. The van der Waals surface area contributed by atoms with Crippen molar-refractivity contribution in [1.29, 1.82) is 0 Å². The first kappa shape index (κ1) is 10.5. The topological polar surface area (TPSA) is 0 Å². The van der Waals surface area contributed by atoms with Crippen molar-refractivity contribution < 1.29 is 0 Å². The molecule has 0 aliphatic rings. The maximum Gasteiger partial charge on any atom is -0.00290 e. The molecule has 1 rings (SSSR count). The number of allylic oxidation sites excluding steroid dienone is 4. The van der Waals surface area contributed by atoms with Crippen LogP contribution in [0, 0.1) is 0 Å². The SMILES string of the molecule is C=CCC=C(C=C)Cc1ccccc1. The van der Waals surface area contributed by atoms with Crippen molar-refractivity contribution in [3.05, 3.63) is 72.9 Å². The van der Waals surface area contributed by atoms with Crippen molar-refractivity contribution in [3.8, 4) is 0 Å². The Bertz CT molecular complexity index is 317. The lowest BCUT2D eigenvalue weighted by atomic mass is 10.0. The molecule has 0 aliphatic heterocycles. The summed E-state index contributed by atoms with van der Waals surface area (Å²) >= 11 is 0. The molecule has 1 aromatic carbocycles. The van der Waals surface area contributed by atoms with Crippen LogP contribution in [-0.4, -0.2) is 0 Å². The zero-order valence-electron chi connectivity index (χ0n) is 8.45. The summed E-state index contributed by atoms with van der Waals surface area (Å²) in [5.74, 6) is 0. The molecule has 14 heavy (non-hydrogen) atoms. The fourth-order valence-corrected chi connectivity index (χ4v) is 1.29. The molecular weight excluding hydrogens is 168 g/mol. The van der Waals surface area contributed by atoms with Crippen LogP contribution in [0.25, 0.3) is 0 Å². The van der Waals surface area contributed by atoms with Crippen molar-refractivity contribution in [2.75, 3.05) is 0 Å². The summed E-state index contributed by atoms with van der Waals surface area (Å²) in [6.07, 6.45) is 7.84. The minimum Gasteiger partial charge on any atom is -0.103 e. The van der Waals surface area contributed by atoms with Crippen molar-refractivity contribution in [2.24, 2.45) is 0 Å². The van der Waals surface area contributed by atoms with E-state index in [1.165, 1.54) is 11.1 Å². The lowest BCUT2D eigenvalue weighted by Crippen LogP contribution is -1.86. The van der Waals surface area contributed by atoms with Crippen LogP contribution in [0.3, 0.4) is 0 Å². The van der Waals surface area contributed by atoms with Crippen molar-refractivity contribution in [3.63, 3.8) is 0 Å². The summed E-state index contributed by atoms with van der Waals surface area (Å²) in [4.78, 5) is 0. The van der Waals surface area contributed by atoms with Crippen LogP contribution in [0.2, 0.25) is 0 Å². The predicted octanol–water partition coefficient (Wildman–Crippen LogP) is 3.92. The van der Waals surface area contributed by atoms with E-state index in [9.17, 15) is 0 Å². The summed E-state index contributed by atoms with van der Waals surface area (Å²) < 4.78 is 0. The van der Waals surface area contributed by atoms with Gasteiger partial charge < -0.3 is 0 Å². The lowest BCUT2D eigenvalue weighted by molar-refractivity contribution is 1.17. The van der Waals surface area contributed by atoms with E-state index in [0.29, 0.717) is 0 Å². The van der Waals surface area contributed by atoms with Gasteiger partial charge in [0.2, 0.25) is 0 Å². The Morgan fingerprint density at radius 3 is 2.43 bits per heavy atom. The average molecular weight is 184 g/mol. The van der Waals surface area contributed by atoms with Crippen LogP contribution in [0.5, 0.6) is 0 Å². The van der Waals surface area contributed by atoms with Crippen molar-refractivity contribution >= 4 is 0 Å². The first-order chi connectivity index (χ1) is 6.86. The molecule has 0 spiro atoms. The first-order valence-corrected chi connectivity index (χ1v) is 4.83. The molecule has 0 N–H and O–H groups in total. The Morgan fingerprint density at radius 2 is 1.86 bits per heavy atom. The van der Waals surface area contributed by atoms with Gasteiger partial charge in [-0.3, -0.25) is 0 Å². The second-order valence-electron chi connectivity index (χ2n) is 3.17. The van der Waals surface area contributed by atoms with Gasteiger partial charge in [0, 0.05) is 0 Å². The van der Waals surface area contributed by atoms with Crippen LogP contribution in [-0.2, 0) is 6.42 Å². The minimum absolute atomic E-state index is 0.911. The molecule has 0 nitrogen and oxygen atoms in total. The van der Waals surface area contributed by atoms with Crippen LogP contribution in [0.15, 0.2) is 67.3 Å². The third-order valence-electron chi connectivity index (χ3n) is 2.06. The molecule has 0 bridgehead atoms. The van der Waals surface area contributed by atoms with E-state index in [-0.39, 0.29) is 0 Å². The molecule has 0 atom stereocenters. The highest BCUT2D eigenvalue weighted by Crippen LogP contribution is 2.09. The molecule has 0 radical (unpaired) electrons. The maximum atomic E-state index is 3.81. The molecule has 72 valence electrons. The van der Waals surface area contributed by atoms with E-state index in [4.69, 9.17) is 0 Å². The highest BCUT2D eigenvalue weighted by Gasteiger charge is 1.93. The third kappa shape index (κ3) is 3.44. The number of rotatable bonds is 5. The van der Waals surface area contributed by atoms with E-state index in [2.05, 4.69) is 43.5 Å². The lowest BCUT2D eigenvalue weighted by Gasteiger charge is -2.01. The summed E-state index contributed by atoms with van der Waals surface area (Å²) in [6, 6.07) is 10.4. The summed E-state index contributed by atoms with van der Waals surface area (Å²) in [5, 5.41) is 0. The third-order valence-corrected chi connectivity index (χ3v) is 2.06. The van der Waals surface area contributed by atoms with Gasteiger partial charge in [-0.2, -0.15) is 0 Å². The Kier molecular flexibility index (Phi) is 4.49. The van der Waals surface area contributed by atoms with E-state index < -0.39 is 0 Å². The van der Waals surface area contributed by atoms with Gasteiger partial charge in [0.1, 0.15) is 0 Å². The van der Waals surface area contributed by atoms with Gasteiger partial charge in [0.25, 0.3) is 0 Å². The Labute approximate surface area is 86.3 Å². The zero-order chi connectivity index (χ0) is 10.2. The quantitative estimate of drug-likeness (QED) is 0.480. The fourth-order valence-electron chi connectivity index (χ4n) is 1.29. The molecule has 0 heteroatoms. The van der Waals surface area contributed by atoms with Gasteiger partial charge in [-0.1, -0.05) is 55.1 Å². The summed E-state index contributed by atoms with van der Waals surface area (Å²) in [7, 11) is 0. The van der Waals surface area contributed by atoms with Crippen LogP contribution in [0.1, 0.15) is 12.0 Å². The van der Waals surface area contributed by atoms with Gasteiger partial charge in [-0.25, -0.2) is 0 Å². The Balaban J connectivity index is 2.66. The first-order valence-electron chi connectivity index (χ1n) is 4.83. The van der Waals surface area contributed by atoms with Gasteiger partial charge in [-0.05, 0) is 24.0 Å².